The first-order valence-corrected chi connectivity index (χ1v) is 12.3. The van der Waals surface area contributed by atoms with Gasteiger partial charge in [-0.2, -0.15) is 0 Å². The maximum atomic E-state index is 12.8. The van der Waals surface area contributed by atoms with Crippen LogP contribution in [-0.4, -0.2) is 54.9 Å². The summed E-state index contributed by atoms with van der Waals surface area (Å²) in [6.07, 6.45) is 5.33. The monoisotopic (exact) mass is 482 g/mol. The number of hydrogen-bond donors (Lipinski definition) is 0. The highest BCUT2D eigenvalue weighted by molar-refractivity contribution is 7.20. The summed E-state index contributed by atoms with van der Waals surface area (Å²) in [7, 11) is 1.64. The number of carbonyl (C=O) groups is 2. The van der Waals surface area contributed by atoms with E-state index in [4.69, 9.17) is 16.3 Å². The van der Waals surface area contributed by atoms with Crippen LogP contribution in [0.1, 0.15) is 23.3 Å². The number of thiophene rings is 1. The summed E-state index contributed by atoms with van der Waals surface area (Å²) >= 11 is 8.06. The van der Waals surface area contributed by atoms with Gasteiger partial charge in [-0.1, -0.05) is 41.9 Å². The van der Waals surface area contributed by atoms with Gasteiger partial charge in [0.1, 0.15) is 5.75 Å². The van der Waals surface area contributed by atoms with Gasteiger partial charge in [0.25, 0.3) is 0 Å². The van der Waals surface area contributed by atoms with Crippen molar-refractivity contribution in [3.05, 3.63) is 70.1 Å². The van der Waals surface area contributed by atoms with Gasteiger partial charge in [0.05, 0.1) is 12.1 Å². The molecule has 0 unspecified atom stereocenters. The van der Waals surface area contributed by atoms with Crippen molar-refractivity contribution >= 4 is 50.9 Å². The van der Waals surface area contributed by atoms with Crippen molar-refractivity contribution in [1.29, 1.82) is 0 Å². The molecule has 0 N–H and O–H groups in total. The summed E-state index contributed by atoms with van der Waals surface area (Å²) < 4.78 is 6.28. The molecule has 0 spiro atoms. The molecule has 7 heteroatoms. The normalized spacial score (nSPS) is 14.6. The number of methoxy groups -OCH3 is 1. The van der Waals surface area contributed by atoms with E-state index >= 15 is 0 Å². The van der Waals surface area contributed by atoms with Crippen LogP contribution in [0.2, 0.25) is 5.02 Å². The summed E-state index contributed by atoms with van der Waals surface area (Å²) in [5.74, 6) is 0.898. The summed E-state index contributed by atoms with van der Waals surface area (Å²) in [4.78, 5) is 30.1. The molecule has 4 rings (SSSR count). The fourth-order valence-corrected chi connectivity index (χ4v) is 5.38. The number of benzene rings is 2. The van der Waals surface area contributed by atoms with Crippen molar-refractivity contribution in [3.8, 4) is 5.75 Å². The predicted octanol–water partition coefficient (Wildman–Crippen LogP) is 5.27. The fraction of sp³-hybridized carbons (Fsp3) is 0.308. The molecule has 1 aliphatic heterocycles. The highest BCUT2D eigenvalue weighted by Gasteiger charge is 2.21. The Morgan fingerprint density at radius 3 is 2.52 bits per heavy atom. The van der Waals surface area contributed by atoms with E-state index in [-0.39, 0.29) is 11.8 Å². The van der Waals surface area contributed by atoms with Crippen LogP contribution in [0.25, 0.3) is 16.2 Å². The van der Waals surface area contributed by atoms with Gasteiger partial charge in [-0.25, -0.2) is 0 Å². The minimum Gasteiger partial charge on any atom is -0.497 e. The van der Waals surface area contributed by atoms with Crippen molar-refractivity contribution in [1.82, 2.24) is 9.80 Å². The third-order valence-electron chi connectivity index (χ3n) is 5.88. The predicted molar refractivity (Wildman–Crippen MR) is 135 cm³/mol. The van der Waals surface area contributed by atoms with Gasteiger partial charge in [0.2, 0.25) is 11.8 Å². The smallest absolute Gasteiger partial charge is 0.246 e. The van der Waals surface area contributed by atoms with Gasteiger partial charge in [0, 0.05) is 53.6 Å². The number of hydrogen-bond acceptors (Lipinski definition) is 4. The molecule has 2 aromatic carbocycles. The number of fused-ring (bicyclic) bond motifs is 1. The molecule has 172 valence electrons. The standard InChI is InChI=1S/C26H27ClN2O3S/c1-32-20-10-7-19(8-11-20)9-13-24(30)28-15-4-16-29(18-17-28)25(31)14-12-23-26(27)21-5-2-3-6-22(21)33-23/h2-3,5-8,10-12,14H,4,9,13,15-18H2,1H3. The first-order chi connectivity index (χ1) is 16.0. The molecular weight excluding hydrogens is 456 g/mol. The van der Waals surface area contributed by atoms with E-state index in [9.17, 15) is 9.59 Å². The first-order valence-electron chi connectivity index (χ1n) is 11.1. The fourth-order valence-electron chi connectivity index (χ4n) is 3.98. The number of nitrogens with zero attached hydrogens (tertiary/aromatic N) is 2. The van der Waals surface area contributed by atoms with Gasteiger partial charge in [0.15, 0.2) is 0 Å². The lowest BCUT2D eigenvalue weighted by molar-refractivity contribution is -0.132. The molecule has 1 aliphatic rings. The molecule has 1 aromatic heterocycles. The number of ether oxygens (including phenoxy) is 1. The lowest BCUT2D eigenvalue weighted by Crippen LogP contribution is -2.36. The van der Waals surface area contributed by atoms with Crippen LogP contribution < -0.4 is 4.74 Å². The minimum absolute atomic E-state index is 0.0453. The lowest BCUT2D eigenvalue weighted by Gasteiger charge is -2.21. The van der Waals surface area contributed by atoms with Crippen molar-refractivity contribution < 1.29 is 14.3 Å². The Hall–Kier alpha value is -2.83. The Kier molecular flexibility index (Phi) is 7.68. The first kappa shape index (κ1) is 23.3. The van der Waals surface area contributed by atoms with Crippen molar-refractivity contribution in [3.63, 3.8) is 0 Å². The van der Waals surface area contributed by atoms with Crippen molar-refractivity contribution in [2.24, 2.45) is 0 Å². The van der Waals surface area contributed by atoms with Gasteiger partial charge >= 0.3 is 0 Å². The van der Waals surface area contributed by atoms with Crippen LogP contribution in [-0.2, 0) is 16.0 Å². The summed E-state index contributed by atoms with van der Waals surface area (Å²) in [5, 5.41) is 1.69. The third kappa shape index (κ3) is 5.75. The molecule has 0 aliphatic carbocycles. The van der Waals surface area contributed by atoms with Crippen LogP contribution in [0, 0.1) is 0 Å². The zero-order valence-corrected chi connectivity index (χ0v) is 20.2. The third-order valence-corrected chi connectivity index (χ3v) is 7.54. The Morgan fingerprint density at radius 1 is 1.03 bits per heavy atom. The van der Waals surface area contributed by atoms with E-state index in [0.29, 0.717) is 44.0 Å². The quantitative estimate of drug-likeness (QED) is 0.450. The van der Waals surface area contributed by atoms with Crippen molar-refractivity contribution in [2.75, 3.05) is 33.3 Å². The zero-order chi connectivity index (χ0) is 23.2. The average Bonchev–Trinajstić information content (AvgIpc) is 3.01. The molecular formula is C26H27ClN2O3S. The van der Waals surface area contributed by atoms with E-state index in [2.05, 4.69) is 0 Å². The molecule has 0 radical (unpaired) electrons. The Bertz CT molecular complexity index is 1160. The van der Waals surface area contributed by atoms with E-state index in [0.717, 1.165) is 32.7 Å². The second-order valence-corrected chi connectivity index (χ2v) is 9.48. The molecule has 2 heterocycles. The van der Waals surface area contributed by atoms with E-state index in [1.807, 2.05) is 58.3 Å². The Morgan fingerprint density at radius 2 is 1.76 bits per heavy atom. The largest absolute Gasteiger partial charge is 0.497 e. The van der Waals surface area contributed by atoms with E-state index < -0.39 is 0 Å². The number of amides is 2. The van der Waals surface area contributed by atoms with Crippen LogP contribution in [0.4, 0.5) is 0 Å². The number of aryl methyl sites for hydroxylation is 1. The van der Waals surface area contributed by atoms with Gasteiger partial charge in [-0.3, -0.25) is 9.59 Å². The highest BCUT2D eigenvalue weighted by atomic mass is 35.5. The SMILES string of the molecule is COc1ccc(CCC(=O)N2CCCN(C(=O)C=Cc3sc4ccccc4c3Cl)CC2)cc1. The lowest BCUT2D eigenvalue weighted by atomic mass is 10.1. The van der Waals surface area contributed by atoms with Crippen LogP contribution >= 0.6 is 22.9 Å². The van der Waals surface area contributed by atoms with Gasteiger partial charge in [-0.05, 0) is 42.7 Å². The molecule has 0 saturated carbocycles. The van der Waals surface area contributed by atoms with Crippen LogP contribution in [0.3, 0.4) is 0 Å². The van der Waals surface area contributed by atoms with E-state index in [1.165, 1.54) is 0 Å². The number of rotatable bonds is 6. The number of halogens is 1. The molecule has 2 amide bonds. The zero-order valence-electron chi connectivity index (χ0n) is 18.6. The molecule has 33 heavy (non-hydrogen) atoms. The second-order valence-electron chi connectivity index (χ2n) is 8.02. The summed E-state index contributed by atoms with van der Waals surface area (Å²) in [6.45, 7) is 2.42. The highest BCUT2D eigenvalue weighted by Crippen LogP contribution is 2.35. The molecule has 3 aromatic rings. The Labute approximate surface area is 203 Å². The van der Waals surface area contributed by atoms with Crippen LogP contribution in [0.15, 0.2) is 54.6 Å². The molecule has 1 saturated heterocycles. The minimum atomic E-state index is -0.0453. The van der Waals surface area contributed by atoms with Crippen molar-refractivity contribution in [2.45, 2.75) is 19.3 Å². The molecule has 5 nitrogen and oxygen atoms in total. The molecule has 0 atom stereocenters. The molecule has 1 fully saturated rings. The number of carbonyl (C=O) groups excluding carboxylic acids is 2. The Balaban J connectivity index is 1.30. The maximum Gasteiger partial charge on any atom is 0.246 e. The van der Waals surface area contributed by atoms with Gasteiger partial charge in [-0.15, -0.1) is 11.3 Å². The van der Waals surface area contributed by atoms with Gasteiger partial charge < -0.3 is 14.5 Å². The van der Waals surface area contributed by atoms with Crippen LogP contribution in [0.5, 0.6) is 5.75 Å². The average molecular weight is 483 g/mol. The second kappa shape index (κ2) is 10.9. The summed E-state index contributed by atoms with van der Waals surface area (Å²) in [5.41, 5.74) is 1.11. The molecule has 0 bridgehead atoms. The van der Waals surface area contributed by atoms with E-state index in [1.54, 1.807) is 30.6 Å². The maximum absolute atomic E-state index is 12.8. The summed E-state index contributed by atoms with van der Waals surface area (Å²) in [6, 6.07) is 15.8. The topological polar surface area (TPSA) is 49.9 Å².